The van der Waals surface area contributed by atoms with Gasteiger partial charge in [-0.05, 0) is 30.5 Å². The number of hydrogen-bond acceptors (Lipinski definition) is 7. The molecule has 182 valence electrons. The van der Waals surface area contributed by atoms with Gasteiger partial charge in [-0.3, -0.25) is 18.7 Å². The normalized spacial score (nSPS) is 15.0. The summed E-state index contributed by atoms with van der Waals surface area (Å²) in [5, 5.41) is 0. The molecule has 34 heavy (non-hydrogen) atoms. The molecule has 11 nitrogen and oxygen atoms in total. The van der Waals surface area contributed by atoms with Crippen LogP contribution in [0.3, 0.4) is 0 Å². The number of rotatable bonds is 7. The lowest BCUT2D eigenvalue weighted by Gasteiger charge is -2.25. The van der Waals surface area contributed by atoms with E-state index in [1.807, 2.05) is 0 Å². The highest BCUT2D eigenvalue weighted by Crippen LogP contribution is 2.21. The minimum Gasteiger partial charge on any atom is -0.464 e. The van der Waals surface area contributed by atoms with Crippen molar-refractivity contribution >= 4 is 27.2 Å². The second kappa shape index (κ2) is 9.55. The maximum atomic E-state index is 12.7. The lowest BCUT2D eigenvalue weighted by Crippen LogP contribution is -2.37. The van der Waals surface area contributed by atoms with E-state index < -0.39 is 27.2 Å². The summed E-state index contributed by atoms with van der Waals surface area (Å²) in [6, 6.07) is 6.27. The SMILES string of the molecule is Cn1c(=O)c2c(ncn2CCOC(=O)Cc2ccc(S(=O)(=O)N3CCCCC3)cc2)n(C)c1=O. The number of aryl methyl sites for hydroxylation is 1. The van der Waals surface area contributed by atoms with Crippen molar-refractivity contribution < 1.29 is 17.9 Å². The Bertz CT molecular complexity index is 1430. The van der Waals surface area contributed by atoms with Crippen molar-refractivity contribution in [1.82, 2.24) is 23.0 Å². The van der Waals surface area contributed by atoms with E-state index in [1.165, 1.54) is 41.4 Å². The average molecular weight is 490 g/mol. The standard InChI is InChI=1S/C22H27N5O6S/c1-24-20-19(21(29)25(2)22(24)30)26(15-23-20)12-13-33-18(28)14-16-6-8-17(9-7-16)34(31,32)27-10-4-3-5-11-27/h6-9,15H,3-5,10-14H2,1-2H3. The van der Waals surface area contributed by atoms with Crippen LogP contribution in [0.25, 0.3) is 11.2 Å². The zero-order valence-electron chi connectivity index (χ0n) is 19.1. The first kappa shape index (κ1) is 23.9. The monoisotopic (exact) mass is 489 g/mol. The van der Waals surface area contributed by atoms with Gasteiger partial charge >= 0.3 is 11.7 Å². The van der Waals surface area contributed by atoms with Crippen LogP contribution in [-0.2, 0) is 46.6 Å². The molecule has 0 aliphatic carbocycles. The molecule has 1 fully saturated rings. The van der Waals surface area contributed by atoms with Gasteiger partial charge in [0.2, 0.25) is 10.0 Å². The minimum atomic E-state index is -3.52. The van der Waals surface area contributed by atoms with Crippen LogP contribution in [-0.4, -0.2) is 57.1 Å². The molecule has 3 aromatic rings. The van der Waals surface area contributed by atoms with E-state index in [2.05, 4.69) is 4.98 Å². The number of esters is 1. The number of hydrogen-bond donors (Lipinski definition) is 0. The van der Waals surface area contributed by atoms with E-state index in [-0.39, 0.29) is 35.6 Å². The fourth-order valence-electron chi connectivity index (χ4n) is 4.08. The van der Waals surface area contributed by atoms with Gasteiger partial charge in [0.15, 0.2) is 11.2 Å². The number of benzene rings is 1. The topological polar surface area (TPSA) is 125 Å². The lowest BCUT2D eigenvalue weighted by atomic mass is 10.1. The Labute approximate surface area is 196 Å². The van der Waals surface area contributed by atoms with Crippen LogP contribution in [0.1, 0.15) is 24.8 Å². The largest absolute Gasteiger partial charge is 0.464 e. The zero-order valence-corrected chi connectivity index (χ0v) is 20.0. The summed E-state index contributed by atoms with van der Waals surface area (Å²) >= 11 is 0. The summed E-state index contributed by atoms with van der Waals surface area (Å²) < 4.78 is 36.1. The third-order valence-corrected chi connectivity index (χ3v) is 7.95. The molecule has 0 amide bonds. The third-order valence-electron chi connectivity index (χ3n) is 6.04. The van der Waals surface area contributed by atoms with E-state index in [0.717, 1.165) is 23.8 Å². The summed E-state index contributed by atoms with van der Waals surface area (Å²) in [4.78, 5) is 41.1. The van der Waals surface area contributed by atoms with Crippen molar-refractivity contribution in [2.24, 2.45) is 14.1 Å². The fraction of sp³-hybridized carbons (Fsp3) is 0.455. The van der Waals surface area contributed by atoms with Crippen LogP contribution in [0.5, 0.6) is 0 Å². The Hall–Kier alpha value is -3.25. The highest BCUT2D eigenvalue weighted by molar-refractivity contribution is 7.89. The number of piperidine rings is 1. The smallest absolute Gasteiger partial charge is 0.332 e. The number of carbonyl (C=O) groups excluding carboxylic acids is 1. The van der Waals surface area contributed by atoms with Crippen molar-refractivity contribution in [3.8, 4) is 0 Å². The van der Waals surface area contributed by atoms with Crippen molar-refractivity contribution in [3.63, 3.8) is 0 Å². The number of sulfonamides is 1. The van der Waals surface area contributed by atoms with E-state index >= 15 is 0 Å². The number of imidazole rings is 1. The van der Waals surface area contributed by atoms with Gasteiger partial charge in [-0.1, -0.05) is 18.6 Å². The quantitative estimate of drug-likeness (QED) is 0.440. The van der Waals surface area contributed by atoms with Gasteiger partial charge in [0.1, 0.15) is 6.61 Å². The van der Waals surface area contributed by atoms with Crippen LogP contribution in [0.2, 0.25) is 0 Å². The fourth-order valence-corrected chi connectivity index (χ4v) is 5.59. The summed E-state index contributed by atoms with van der Waals surface area (Å²) in [5.74, 6) is -0.476. The third kappa shape index (κ3) is 4.55. The highest BCUT2D eigenvalue weighted by atomic mass is 32.2. The Balaban J connectivity index is 1.36. The summed E-state index contributed by atoms with van der Waals surface area (Å²) in [6.45, 7) is 1.27. The highest BCUT2D eigenvalue weighted by Gasteiger charge is 2.25. The molecule has 1 aliphatic heterocycles. The Morgan fingerprint density at radius 3 is 2.38 bits per heavy atom. The number of nitrogens with zero attached hydrogens (tertiary/aromatic N) is 5. The zero-order chi connectivity index (χ0) is 24.5. The van der Waals surface area contributed by atoms with Gasteiger partial charge in [0, 0.05) is 27.2 Å². The molecule has 0 radical (unpaired) electrons. The van der Waals surface area contributed by atoms with Gasteiger partial charge in [-0.2, -0.15) is 4.31 Å². The molecule has 1 aromatic carbocycles. The first-order valence-corrected chi connectivity index (χ1v) is 12.5. The summed E-state index contributed by atoms with van der Waals surface area (Å²) in [5.41, 5.74) is 0.218. The van der Waals surface area contributed by atoms with Gasteiger partial charge in [0.25, 0.3) is 5.56 Å². The Kier molecular flexibility index (Phi) is 6.71. The van der Waals surface area contributed by atoms with Gasteiger partial charge in [-0.25, -0.2) is 18.2 Å². The summed E-state index contributed by atoms with van der Waals surface area (Å²) in [6.07, 6.45) is 4.20. The van der Waals surface area contributed by atoms with Gasteiger partial charge < -0.3 is 9.30 Å². The van der Waals surface area contributed by atoms with Crippen molar-refractivity contribution in [3.05, 3.63) is 57.0 Å². The molecule has 0 unspecified atom stereocenters. The van der Waals surface area contributed by atoms with E-state index in [0.29, 0.717) is 18.7 Å². The van der Waals surface area contributed by atoms with E-state index in [1.54, 1.807) is 16.7 Å². The lowest BCUT2D eigenvalue weighted by molar-refractivity contribution is -0.143. The van der Waals surface area contributed by atoms with Crippen LogP contribution >= 0.6 is 0 Å². The molecular formula is C22H27N5O6S. The predicted octanol–water partition coefficient (Wildman–Crippen LogP) is 0.394. The van der Waals surface area contributed by atoms with Crippen LogP contribution < -0.4 is 11.2 Å². The van der Waals surface area contributed by atoms with Crippen molar-refractivity contribution in [2.45, 2.75) is 37.1 Å². The van der Waals surface area contributed by atoms with Crippen molar-refractivity contribution in [1.29, 1.82) is 0 Å². The van der Waals surface area contributed by atoms with Gasteiger partial charge in [0.05, 0.1) is 24.2 Å². The molecule has 0 atom stereocenters. The molecule has 2 aromatic heterocycles. The molecule has 4 rings (SSSR count). The molecule has 0 bridgehead atoms. The second-order valence-electron chi connectivity index (χ2n) is 8.32. The van der Waals surface area contributed by atoms with Crippen LogP contribution in [0, 0.1) is 0 Å². The molecule has 12 heteroatoms. The summed E-state index contributed by atoms with van der Waals surface area (Å²) in [7, 11) is -0.591. The van der Waals surface area contributed by atoms with Crippen molar-refractivity contribution in [2.75, 3.05) is 19.7 Å². The molecule has 1 aliphatic rings. The first-order valence-electron chi connectivity index (χ1n) is 11.1. The van der Waals surface area contributed by atoms with E-state index in [9.17, 15) is 22.8 Å². The molecule has 0 saturated carbocycles. The maximum Gasteiger partial charge on any atom is 0.332 e. The maximum absolute atomic E-state index is 12.7. The average Bonchev–Trinajstić information content (AvgIpc) is 3.26. The number of ether oxygens (including phenoxy) is 1. The van der Waals surface area contributed by atoms with E-state index in [4.69, 9.17) is 4.74 Å². The minimum absolute atomic E-state index is 0.00894. The molecule has 3 heterocycles. The molecule has 0 N–H and O–H groups in total. The first-order chi connectivity index (χ1) is 16.2. The molecule has 1 saturated heterocycles. The second-order valence-corrected chi connectivity index (χ2v) is 10.3. The van der Waals surface area contributed by atoms with Crippen LogP contribution in [0.4, 0.5) is 0 Å². The number of fused-ring (bicyclic) bond motifs is 1. The van der Waals surface area contributed by atoms with Crippen LogP contribution in [0.15, 0.2) is 45.1 Å². The Morgan fingerprint density at radius 2 is 1.71 bits per heavy atom. The molecule has 0 spiro atoms. The van der Waals surface area contributed by atoms with Gasteiger partial charge in [-0.15, -0.1) is 0 Å². The predicted molar refractivity (Wildman–Crippen MR) is 124 cm³/mol. The molecular weight excluding hydrogens is 462 g/mol. The Morgan fingerprint density at radius 1 is 1.03 bits per heavy atom. The number of aromatic nitrogens is 4. The number of carbonyl (C=O) groups is 1.